The van der Waals surface area contributed by atoms with Gasteiger partial charge in [-0.2, -0.15) is 0 Å². The summed E-state index contributed by atoms with van der Waals surface area (Å²) in [5, 5.41) is 0.719. The Hall–Kier alpha value is -1.58. The largest absolute Gasteiger partial charge is 0.318 e. The van der Waals surface area contributed by atoms with Crippen LogP contribution >= 0.6 is 11.6 Å². The molecule has 2 aromatic rings. The Morgan fingerprint density at radius 3 is 2.58 bits per heavy atom. The number of rotatable bonds is 4. The van der Waals surface area contributed by atoms with Crippen LogP contribution in [-0.2, 0) is 0 Å². The lowest BCUT2D eigenvalue weighted by Crippen LogP contribution is -2.40. The zero-order valence-electron chi connectivity index (χ0n) is 14.7. The molecule has 1 unspecified atom stereocenters. The lowest BCUT2D eigenvalue weighted by Gasteiger charge is -2.32. The molecule has 1 aromatic heterocycles. The van der Waals surface area contributed by atoms with Gasteiger partial charge in [0.1, 0.15) is 0 Å². The molecule has 1 aliphatic rings. The number of hydrogen-bond acceptors (Lipinski definition) is 2. The molecule has 1 saturated heterocycles. The number of carbonyl (C=O) groups excluding carboxylic acids is 1. The summed E-state index contributed by atoms with van der Waals surface area (Å²) in [6, 6.07) is 10.3. The van der Waals surface area contributed by atoms with Gasteiger partial charge in [0.2, 0.25) is 0 Å². The fraction of sp³-hybridized carbons (Fsp3) is 0.450. The van der Waals surface area contributed by atoms with Crippen molar-refractivity contribution in [2.75, 3.05) is 13.1 Å². The van der Waals surface area contributed by atoms with Crippen LogP contribution in [0.25, 0.3) is 5.69 Å². The molecule has 3 nitrogen and oxygen atoms in total. The summed E-state index contributed by atoms with van der Waals surface area (Å²) in [6.45, 7) is 7.84. The number of halogens is 1. The molecule has 0 N–H and O–H groups in total. The van der Waals surface area contributed by atoms with Crippen molar-refractivity contribution in [2.45, 2.75) is 46.1 Å². The number of piperidine rings is 1. The van der Waals surface area contributed by atoms with Gasteiger partial charge in [-0.15, -0.1) is 0 Å². The van der Waals surface area contributed by atoms with Crippen LogP contribution in [0.2, 0.25) is 5.02 Å². The van der Waals surface area contributed by atoms with Crippen molar-refractivity contribution < 1.29 is 4.79 Å². The van der Waals surface area contributed by atoms with E-state index in [2.05, 4.69) is 16.4 Å². The van der Waals surface area contributed by atoms with Gasteiger partial charge >= 0.3 is 0 Å². The Morgan fingerprint density at radius 2 is 1.92 bits per heavy atom. The molecular formula is C20H25ClN2O. The Balaban J connectivity index is 1.85. The minimum absolute atomic E-state index is 0.220. The van der Waals surface area contributed by atoms with Crippen molar-refractivity contribution in [2.24, 2.45) is 0 Å². The van der Waals surface area contributed by atoms with Crippen LogP contribution in [0.4, 0.5) is 0 Å². The summed E-state index contributed by atoms with van der Waals surface area (Å²) in [5.41, 5.74) is 3.95. The lowest BCUT2D eigenvalue weighted by atomic mass is 10.0. The Kier molecular flexibility index (Phi) is 5.12. The number of hydrogen-bond donors (Lipinski definition) is 0. The topological polar surface area (TPSA) is 25.2 Å². The number of ketones is 1. The minimum atomic E-state index is 0.220. The predicted molar refractivity (Wildman–Crippen MR) is 99.5 cm³/mol. The van der Waals surface area contributed by atoms with Crippen molar-refractivity contribution in [3.05, 3.63) is 52.3 Å². The zero-order chi connectivity index (χ0) is 17.3. The molecule has 1 fully saturated rings. The molecule has 1 aromatic carbocycles. The minimum Gasteiger partial charge on any atom is -0.318 e. The molecule has 4 heteroatoms. The maximum atomic E-state index is 12.9. The van der Waals surface area contributed by atoms with Crippen LogP contribution in [0.1, 0.15) is 47.9 Å². The molecule has 128 valence electrons. The summed E-state index contributed by atoms with van der Waals surface area (Å²) in [7, 11) is 0. The molecule has 3 rings (SSSR count). The number of Topliss-reactive ketones (excluding diaryl/α,β-unsaturated/α-hetero) is 1. The maximum Gasteiger partial charge on any atom is 0.178 e. The number of aryl methyl sites for hydroxylation is 1. The lowest BCUT2D eigenvalue weighted by molar-refractivity contribution is 0.0859. The van der Waals surface area contributed by atoms with Crippen LogP contribution in [0.3, 0.4) is 0 Å². The van der Waals surface area contributed by atoms with Gasteiger partial charge in [0, 0.05) is 33.7 Å². The van der Waals surface area contributed by atoms with E-state index in [-0.39, 0.29) is 5.78 Å². The molecule has 0 radical (unpaired) electrons. The molecule has 2 heterocycles. The molecule has 1 aliphatic heterocycles. The van der Waals surface area contributed by atoms with E-state index < -0.39 is 0 Å². The monoisotopic (exact) mass is 344 g/mol. The second-order valence-corrected chi connectivity index (χ2v) is 7.27. The smallest absolute Gasteiger partial charge is 0.178 e. The van der Waals surface area contributed by atoms with Gasteiger partial charge in [0.15, 0.2) is 5.78 Å². The fourth-order valence-corrected chi connectivity index (χ4v) is 3.82. The maximum absolute atomic E-state index is 12.9. The number of nitrogens with zero attached hydrogens (tertiary/aromatic N) is 2. The first kappa shape index (κ1) is 17.2. The van der Waals surface area contributed by atoms with Crippen LogP contribution in [0, 0.1) is 13.8 Å². The summed E-state index contributed by atoms with van der Waals surface area (Å²) in [6.07, 6.45) is 3.66. The van der Waals surface area contributed by atoms with E-state index >= 15 is 0 Å². The predicted octanol–water partition coefficient (Wildman–Crippen LogP) is 4.80. The van der Waals surface area contributed by atoms with Crippen molar-refractivity contribution in [3.8, 4) is 5.69 Å². The molecule has 24 heavy (non-hydrogen) atoms. The first-order chi connectivity index (χ1) is 11.5. The van der Waals surface area contributed by atoms with E-state index in [1.807, 2.05) is 44.2 Å². The first-order valence-electron chi connectivity index (χ1n) is 8.69. The average molecular weight is 345 g/mol. The molecule has 0 bridgehead atoms. The normalized spacial score (nSPS) is 18.8. The van der Waals surface area contributed by atoms with Gasteiger partial charge < -0.3 is 4.57 Å². The van der Waals surface area contributed by atoms with Crippen LogP contribution in [0.15, 0.2) is 30.3 Å². The summed E-state index contributed by atoms with van der Waals surface area (Å²) in [5.74, 6) is 0.220. The Labute approximate surface area is 149 Å². The third kappa shape index (κ3) is 3.42. The van der Waals surface area contributed by atoms with Gasteiger partial charge in [-0.3, -0.25) is 9.69 Å². The van der Waals surface area contributed by atoms with Gasteiger partial charge in [-0.25, -0.2) is 0 Å². The van der Waals surface area contributed by atoms with Crippen molar-refractivity contribution in [1.82, 2.24) is 9.47 Å². The fourth-order valence-electron chi connectivity index (χ4n) is 3.69. The van der Waals surface area contributed by atoms with Crippen molar-refractivity contribution >= 4 is 17.4 Å². The standard InChI is InChI=1S/C20H25ClN2O/c1-14-6-4-5-11-22(14)13-20(24)19-12-15(2)23(16(19)3)18-9-7-17(21)8-10-18/h7-10,12,14H,4-6,11,13H2,1-3H3. The number of benzene rings is 1. The van der Waals surface area contributed by atoms with Gasteiger partial charge in [0.05, 0.1) is 6.54 Å². The molecule has 0 spiro atoms. The molecule has 1 atom stereocenters. The molecule has 0 saturated carbocycles. The second kappa shape index (κ2) is 7.12. The third-order valence-electron chi connectivity index (χ3n) is 5.10. The van der Waals surface area contributed by atoms with E-state index in [0.717, 1.165) is 34.2 Å². The Morgan fingerprint density at radius 1 is 1.21 bits per heavy atom. The average Bonchev–Trinajstić information content (AvgIpc) is 2.85. The van der Waals surface area contributed by atoms with E-state index in [4.69, 9.17) is 11.6 Å². The SMILES string of the molecule is Cc1cc(C(=O)CN2CCCCC2C)c(C)n1-c1ccc(Cl)cc1. The molecule has 0 amide bonds. The van der Waals surface area contributed by atoms with Crippen LogP contribution in [-0.4, -0.2) is 34.4 Å². The van der Waals surface area contributed by atoms with Crippen molar-refractivity contribution in [1.29, 1.82) is 0 Å². The molecule has 0 aliphatic carbocycles. The van der Waals surface area contributed by atoms with E-state index in [1.54, 1.807) is 0 Å². The Bertz CT molecular complexity index is 733. The third-order valence-corrected chi connectivity index (χ3v) is 5.36. The quantitative estimate of drug-likeness (QED) is 0.744. The number of likely N-dealkylation sites (tertiary alicyclic amines) is 1. The highest BCUT2D eigenvalue weighted by atomic mass is 35.5. The van der Waals surface area contributed by atoms with Crippen molar-refractivity contribution in [3.63, 3.8) is 0 Å². The highest BCUT2D eigenvalue weighted by molar-refractivity contribution is 6.30. The molecular weight excluding hydrogens is 320 g/mol. The van der Waals surface area contributed by atoms with E-state index in [0.29, 0.717) is 12.6 Å². The first-order valence-corrected chi connectivity index (χ1v) is 9.07. The van der Waals surface area contributed by atoms with Gasteiger partial charge in [-0.1, -0.05) is 18.0 Å². The van der Waals surface area contributed by atoms with Crippen LogP contribution < -0.4 is 0 Å². The van der Waals surface area contributed by atoms with Gasteiger partial charge in [-0.05, 0) is 70.5 Å². The summed E-state index contributed by atoms with van der Waals surface area (Å²) < 4.78 is 2.13. The van der Waals surface area contributed by atoms with Gasteiger partial charge in [0.25, 0.3) is 0 Å². The van der Waals surface area contributed by atoms with E-state index in [1.165, 1.54) is 19.3 Å². The zero-order valence-corrected chi connectivity index (χ0v) is 15.4. The number of carbonyl (C=O) groups is 1. The summed E-state index contributed by atoms with van der Waals surface area (Å²) in [4.78, 5) is 15.2. The van der Waals surface area contributed by atoms with Crippen LogP contribution in [0.5, 0.6) is 0 Å². The highest BCUT2D eigenvalue weighted by Gasteiger charge is 2.23. The summed E-state index contributed by atoms with van der Waals surface area (Å²) >= 11 is 5.99. The number of aromatic nitrogens is 1. The van der Waals surface area contributed by atoms with E-state index in [9.17, 15) is 4.79 Å². The highest BCUT2D eigenvalue weighted by Crippen LogP contribution is 2.24. The second-order valence-electron chi connectivity index (χ2n) is 6.84.